The Balaban J connectivity index is 1.34. The molecule has 1 saturated heterocycles. The third-order valence-corrected chi connectivity index (χ3v) is 5.34. The lowest BCUT2D eigenvalue weighted by atomic mass is 10.1. The zero-order chi connectivity index (χ0) is 20.1. The Hall–Kier alpha value is -2.88. The summed E-state index contributed by atoms with van der Waals surface area (Å²) in [5.41, 5.74) is 1.48. The van der Waals surface area contributed by atoms with Gasteiger partial charge in [-0.05, 0) is 31.4 Å². The van der Waals surface area contributed by atoms with Gasteiger partial charge in [-0.15, -0.1) is 0 Å². The summed E-state index contributed by atoms with van der Waals surface area (Å²) in [6.45, 7) is 2.03. The first-order valence-corrected chi connectivity index (χ1v) is 10.5. The first kappa shape index (κ1) is 19.4. The van der Waals surface area contributed by atoms with Crippen LogP contribution < -0.4 is 15.0 Å². The number of amides is 1. The van der Waals surface area contributed by atoms with Gasteiger partial charge in [0, 0.05) is 13.1 Å². The number of ether oxygens (including phenoxy) is 1. The summed E-state index contributed by atoms with van der Waals surface area (Å²) in [7, 11) is 1.52. The molecule has 1 aliphatic rings. The van der Waals surface area contributed by atoms with Gasteiger partial charge in [-0.2, -0.15) is 15.0 Å². The van der Waals surface area contributed by atoms with Crippen molar-refractivity contribution < 1.29 is 13.9 Å². The molecule has 1 aliphatic heterocycles. The molecule has 152 valence electrons. The molecular formula is C19H22N6O3S. The van der Waals surface area contributed by atoms with E-state index in [1.54, 1.807) is 0 Å². The molecule has 9 nitrogen and oxygen atoms in total. The first-order chi connectivity index (χ1) is 14.2. The maximum atomic E-state index is 12.2. The van der Waals surface area contributed by atoms with Crippen LogP contribution in [0.25, 0.3) is 11.1 Å². The van der Waals surface area contributed by atoms with Crippen molar-refractivity contribution in [3.63, 3.8) is 0 Å². The molecule has 1 amide bonds. The summed E-state index contributed by atoms with van der Waals surface area (Å²) in [5.74, 6) is 1.10. The third kappa shape index (κ3) is 4.94. The predicted molar refractivity (Wildman–Crippen MR) is 109 cm³/mol. The lowest BCUT2D eigenvalue weighted by Crippen LogP contribution is -2.32. The number of piperidine rings is 1. The fraction of sp³-hybridized carbons (Fsp3) is 0.421. The van der Waals surface area contributed by atoms with E-state index in [9.17, 15) is 4.79 Å². The quantitative estimate of drug-likeness (QED) is 0.583. The number of carbonyl (C=O) groups excluding carboxylic acids is 1. The second-order valence-electron chi connectivity index (χ2n) is 6.60. The molecule has 0 spiro atoms. The molecule has 3 heterocycles. The van der Waals surface area contributed by atoms with Gasteiger partial charge in [0.25, 0.3) is 5.22 Å². The lowest BCUT2D eigenvalue weighted by Gasteiger charge is -2.26. The molecular weight excluding hydrogens is 392 g/mol. The number of thioether (sulfide) groups is 1. The summed E-state index contributed by atoms with van der Waals surface area (Å²) < 4.78 is 10.8. The van der Waals surface area contributed by atoms with Crippen molar-refractivity contribution in [1.29, 1.82) is 0 Å². The molecule has 3 aromatic rings. The number of aromatic nitrogens is 4. The van der Waals surface area contributed by atoms with Gasteiger partial charge < -0.3 is 19.4 Å². The Labute approximate surface area is 172 Å². The van der Waals surface area contributed by atoms with E-state index in [0.29, 0.717) is 22.6 Å². The van der Waals surface area contributed by atoms with Gasteiger partial charge >= 0.3 is 6.01 Å². The molecule has 0 atom stereocenters. The van der Waals surface area contributed by atoms with Gasteiger partial charge in [0.05, 0.1) is 19.4 Å². The molecule has 29 heavy (non-hydrogen) atoms. The van der Waals surface area contributed by atoms with E-state index >= 15 is 0 Å². The Kier molecular flexibility index (Phi) is 6.09. The lowest BCUT2D eigenvalue weighted by molar-refractivity contribution is -0.118. The minimum atomic E-state index is -0.156. The highest BCUT2D eigenvalue weighted by molar-refractivity contribution is 7.99. The van der Waals surface area contributed by atoms with Crippen LogP contribution in [0.5, 0.6) is 6.01 Å². The van der Waals surface area contributed by atoms with Gasteiger partial charge in [-0.25, -0.2) is 4.98 Å². The van der Waals surface area contributed by atoms with Crippen LogP contribution in [0.2, 0.25) is 0 Å². The van der Waals surface area contributed by atoms with Crippen LogP contribution in [-0.4, -0.2) is 51.8 Å². The third-order valence-electron chi connectivity index (χ3n) is 4.52. The number of methoxy groups -OCH3 is 1. The smallest absolute Gasteiger partial charge is 0.321 e. The molecule has 1 N–H and O–H groups in total. The number of hydrogen-bond donors (Lipinski definition) is 1. The standard InChI is InChI=1S/C19H22N6O3S/c1-27-18-23-15(22-17(24-18)25-9-5-2-6-10-25)11-20-16(26)12-29-19-21-13-7-3-4-8-14(13)28-19/h3-4,7-8H,2,5-6,9-12H2,1H3,(H,20,26). The van der Waals surface area contributed by atoms with E-state index in [1.165, 1.54) is 25.3 Å². The number of rotatable bonds is 7. The molecule has 1 aromatic carbocycles. The van der Waals surface area contributed by atoms with Crippen LogP contribution >= 0.6 is 11.8 Å². The maximum absolute atomic E-state index is 12.2. The highest BCUT2D eigenvalue weighted by atomic mass is 32.2. The topological polar surface area (TPSA) is 106 Å². The molecule has 2 aromatic heterocycles. The van der Waals surface area contributed by atoms with Gasteiger partial charge in [0.2, 0.25) is 11.9 Å². The van der Waals surface area contributed by atoms with Gasteiger partial charge in [-0.1, -0.05) is 23.9 Å². The van der Waals surface area contributed by atoms with Crippen LogP contribution in [0, 0.1) is 0 Å². The Morgan fingerprint density at radius 1 is 1.17 bits per heavy atom. The summed E-state index contributed by atoms with van der Waals surface area (Å²) in [4.78, 5) is 31.8. The normalized spacial score (nSPS) is 14.2. The summed E-state index contributed by atoms with van der Waals surface area (Å²) in [5, 5.41) is 3.30. The number of benzene rings is 1. The summed E-state index contributed by atoms with van der Waals surface area (Å²) >= 11 is 1.25. The van der Waals surface area contributed by atoms with E-state index < -0.39 is 0 Å². The molecule has 0 radical (unpaired) electrons. The first-order valence-electron chi connectivity index (χ1n) is 9.50. The van der Waals surface area contributed by atoms with Crippen LogP contribution in [0.15, 0.2) is 33.9 Å². The summed E-state index contributed by atoms with van der Waals surface area (Å²) in [6.07, 6.45) is 3.46. The van der Waals surface area contributed by atoms with E-state index in [1.807, 2.05) is 24.3 Å². The van der Waals surface area contributed by atoms with Crippen LogP contribution in [0.3, 0.4) is 0 Å². The number of oxazole rings is 1. The molecule has 0 bridgehead atoms. The van der Waals surface area contributed by atoms with Crippen LogP contribution in [0.4, 0.5) is 5.95 Å². The zero-order valence-corrected chi connectivity index (χ0v) is 16.9. The van der Waals surface area contributed by atoms with Crippen molar-refractivity contribution in [2.75, 3.05) is 30.9 Å². The van der Waals surface area contributed by atoms with Crippen molar-refractivity contribution in [1.82, 2.24) is 25.3 Å². The second kappa shape index (κ2) is 9.08. The number of nitrogens with one attached hydrogen (secondary N) is 1. The highest BCUT2D eigenvalue weighted by Crippen LogP contribution is 2.23. The predicted octanol–water partition coefficient (Wildman–Crippen LogP) is 2.42. The minimum Gasteiger partial charge on any atom is -0.467 e. The largest absolute Gasteiger partial charge is 0.467 e. The number of para-hydroxylation sites is 2. The van der Waals surface area contributed by atoms with E-state index in [2.05, 4.69) is 30.2 Å². The van der Waals surface area contributed by atoms with E-state index in [-0.39, 0.29) is 24.2 Å². The molecule has 0 saturated carbocycles. The van der Waals surface area contributed by atoms with Crippen molar-refractivity contribution in [2.24, 2.45) is 0 Å². The average Bonchev–Trinajstić information content (AvgIpc) is 3.19. The van der Waals surface area contributed by atoms with Crippen LogP contribution in [-0.2, 0) is 11.3 Å². The number of anilines is 1. The fourth-order valence-corrected chi connectivity index (χ4v) is 3.73. The number of hydrogen-bond acceptors (Lipinski definition) is 9. The second-order valence-corrected chi connectivity index (χ2v) is 7.53. The number of nitrogens with zero attached hydrogens (tertiary/aromatic N) is 5. The Morgan fingerprint density at radius 3 is 2.79 bits per heavy atom. The van der Waals surface area contributed by atoms with E-state index in [0.717, 1.165) is 31.4 Å². The maximum Gasteiger partial charge on any atom is 0.321 e. The molecule has 0 unspecified atom stereocenters. The molecule has 10 heteroatoms. The van der Waals surface area contributed by atoms with Crippen LogP contribution in [0.1, 0.15) is 25.1 Å². The Bertz CT molecular complexity index is 956. The van der Waals surface area contributed by atoms with Crippen molar-refractivity contribution in [2.45, 2.75) is 31.0 Å². The van der Waals surface area contributed by atoms with Gasteiger partial charge in [0.1, 0.15) is 5.52 Å². The highest BCUT2D eigenvalue weighted by Gasteiger charge is 2.17. The number of carbonyl (C=O) groups is 1. The Morgan fingerprint density at radius 2 is 2.00 bits per heavy atom. The molecule has 0 aliphatic carbocycles. The van der Waals surface area contributed by atoms with Gasteiger partial charge in [-0.3, -0.25) is 4.79 Å². The van der Waals surface area contributed by atoms with Crippen molar-refractivity contribution in [3.8, 4) is 6.01 Å². The summed E-state index contributed by atoms with van der Waals surface area (Å²) in [6, 6.07) is 7.76. The fourth-order valence-electron chi connectivity index (χ4n) is 3.06. The average molecular weight is 414 g/mol. The number of fused-ring (bicyclic) bond motifs is 1. The van der Waals surface area contributed by atoms with Crippen molar-refractivity contribution in [3.05, 3.63) is 30.1 Å². The van der Waals surface area contributed by atoms with E-state index in [4.69, 9.17) is 9.15 Å². The molecule has 4 rings (SSSR count). The molecule has 1 fully saturated rings. The zero-order valence-electron chi connectivity index (χ0n) is 16.1. The SMILES string of the molecule is COc1nc(CNC(=O)CSc2nc3ccccc3o2)nc(N2CCCCC2)n1. The minimum absolute atomic E-state index is 0.156. The van der Waals surface area contributed by atoms with Crippen molar-refractivity contribution >= 4 is 34.7 Å². The monoisotopic (exact) mass is 414 g/mol. The van der Waals surface area contributed by atoms with Gasteiger partial charge in [0.15, 0.2) is 11.4 Å².